The molecule has 5 nitrogen and oxygen atoms in total. The number of hydrogen-bond acceptors (Lipinski definition) is 3. The fourth-order valence-corrected chi connectivity index (χ4v) is 5.12. The van der Waals surface area contributed by atoms with E-state index in [9.17, 15) is 14.4 Å². The smallest absolute Gasteiger partial charge is 0.228 e. The Bertz CT molecular complexity index is 624. The Kier molecular flexibility index (Phi) is 16.7. The highest BCUT2D eigenvalue weighted by atomic mass is 16.2. The summed E-state index contributed by atoms with van der Waals surface area (Å²) in [6.07, 6.45) is 7.69. The number of carbonyl (C=O) groups excluding carboxylic acids is 3. The maximum absolute atomic E-state index is 12.1. The zero-order valence-electron chi connectivity index (χ0n) is 25.9. The first-order valence-electron chi connectivity index (χ1n) is 13.7. The van der Waals surface area contributed by atoms with Gasteiger partial charge >= 0.3 is 0 Å². The van der Waals surface area contributed by atoms with Gasteiger partial charge in [-0.1, -0.05) is 75.2 Å². The fraction of sp³-hybridized carbons (Fsp3) is 0.900. The number of Topliss-reactive ketones (excluding diaryl/α,β-unsaturated/α-hetero) is 1. The van der Waals surface area contributed by atoms with Crippen LogP contribution in [0.25, 0.3) is 0 Å². The lowest BCUT2D eigenvalue weighted by Crippen LogP contribution is -2.39. The topological polar surface area (TPSA) is 57.7 Å². The van der Waals surface area contributed by atoms with E-state index in [4.69, 9.17) is 0 Å². The third kappa shape index (κ3) is 16.1. The number of hydrogen-bond donors (Lipinski definition) is 0. The monoisotopic (exact) mass is 496 g/mol. The van der Waals surface area contributed by atoms with Gasteiger partial charge in [0.25, 0.3) is 0 Å². The molecule has 0 heterocycles. The van der Waals surface area contributed by atoms with Gasteiger partial charge < -0.3 is 9.80 Å². The minimum atomic E-state index is -0.0162. The second-order valence-corrected chi connectivity index (χ2v) is 13.3. The summed E-state index contributed by atoms with van der Waals surface area (Å²) in [7, 11) is 7.36. The van der Waals surface area contributed by atoms with Crippen molar-refractivity contribution in [3.8, 4) is 0 Å². The summed E-state index contributed by atoms with van der Waals surface area (Å²) < 4.78 is 0. The van der Waals surface area contributed by atoms with E-state index in [-0.39, 0.29) is 28.6 Å². The number of carbonyl (C=O) groups is 3. The van der Waals surface area contributed by atoms with Crippen molar-refractivity contribution in [1.82, 2.24) is 9.80 Å². The summed E-state index contributed by atoms with van der Waals surface area (Å²) in [5.41, 5.74) is 0.267. The molecular weight excluding hydrogens is 436 g/mol. The molecule has 1 aliphatic rings. The van der Waals surface area contributed by atoms with Gasteiger partial charge in [-0.25, -0.2) is 0 Å². The SMILES string of the molecule is CC(=O)C(C)CC(C)(C)C.CC(C)CC(C)C(=O)N(C)C.CC(C)CC1(C(=O)N(C)C)CCCC1. The van der Waals surface area contributed by atoms with E-state index < -0.39 is 0 Å². The van der Waals surface area contributed by atoms with Gasteiger partial charge in [0.1, 0.15) is 5.78 Å². The quantitative estimate of drug-likeness (QED) is 0.360. The standard InChI is InChI=1S/C12H23NO.C9H19NO.C9H18O/c1-10(2)9-12(7-5-6-8-12)11(14)13(3)4;1-7(2)6-8(3)9(11)10(4)5;1-7(8(2)10)6-9(3,4)5/h10H,5-9H2,1-4H3;7-8H,6H2,1-5H3;7H,6H2,1-5H3. The summed E-state index contributed by atoms with van der Waals surface area (Å²) in [4.78, 5) is 37.7. The lowest BCUT2D eigenvalue weighted by Gasteiger charge is -2.32. The largest absolute Gasteiger partial charge is 0.349 e. The Morgan fingerprint density at radius 2 is 1.23 bits per heavy atom. The van der Waals surface area contributed by atoms with Crippen LogP contribution in [0.3, 0.4) is 0 Å². The second-order valence-electron chi connectivity index (χ2n) is 13.3. The normalized spacial score (nSPS) is 16.5. The molecule has 1 saturated carbocycles. The van der Waals surface area contributed by atoms with Crippen LogP contribution in [0.1, 0.15) is 114 Å². The first-order valence-corrected chi connectivity index (χ1v) is 13.7. The van der Waals surface area contributed by atoms with E-state index in [1.807, 2.05) is 27.9 Å². The van der Waals surface area contributed by atoms with Gasteiger partial charge in [-0.2, -0.15) is 0 Å². The molecule has 2 atom stereocenters. The van der Waals surface area contributed by atoms with E-state index in [1.54, 1.807) is 30.8 Å². The van der Waals surface area contributed by atoms with E-state index in [1.165, 1.54) is 12.8 Å². The first-order chi connectivity index (χ1) is 15.8. The van der Waals surface area contributed by atoms with Gasteiger partial charge in [0.05, 0.1) is 0 Å². The summed E-state index contributed by atoms with van der Waals surface area (Å²) in [5.74, 6) is 2.51. The number of ketones is 1. The van der Waals surface area contributed by atoms with Crippen molar-refractivity contribution in [2.75, 3.05) is 28.2 Å². The highest BCUT2D eigenvalue weighted by Crippen LogP contribution is 2.44. The molecule has 35 heavy (non-hydrogen) atoms. The van der Waals surface area contributed by atoms with Crippen LogP contribution in [-0.4, -0.2) is 55.6 Å². The second kappa shape index (κ2) is 16.4. The van der Waals surface area contributed by atoms with Crippen LogP contribution in [-0.2, 0) is 14.4 Å². The van der Waals surface area contributed by atoms with E-state index >= 15 is 0 Å². The third-order valence-corrected chi connectivity index (χ3v) is 6.52. The van der Waals surface area contributed by atoms with Crippen molar-refractivity contribution in [2.45, 2.75) is 114 Å². The summed E-state index contributed by atoms with van der Waals surface area (Å²) in [6, 6.07) is 0. The van der Waals surface area contributed by atoms with Crippen molar-refractivity contribution in [2.24, 2.45) is 34.5 Å². The fourth-order valence-electron chi connectivity index (χ4n) is 5.12. The van der Waals surface area contributed by atoms with Gasteiger partial charge in [-0.05, 0) is 56.3 Å². The molecule has 0 N–H and O–H groups in total. The van der Waals surface area contributed by atoms with Crippen LogP contribution >= 0.6 is 0 Å². The van der Waals surface area contributed by atoms with Crippen molar-refractivity contribution in [3.63, 3.8) is 0 Å². The van der Waals surface area contributed by atoms with Crippen LogP contribution in [0.5, 0.6) is 0 Å². The molecule has 1 fully saturated rings. The van der Waals surface area contributed by atoms with Crippen molar-refractivity contribution in [3.05, 3.63) is 0 Å². The van der Waals surface area contributed by atoms with Crippen molar-refractivity contribution >= 4 is 17.6 Å². The van der Waals surface area contributed by atoms with E-state index in [0.29, 0.717) is 23.5 Å². The molecule has 2 amide bonds. The Morgan fingerprint density at radius 3 is 1.49 bits per heavy atom. The number of amides is 2. The maximum Gasteiger partial charge on any atom is 0.228 e. The molecule has 0 aromatic heterocycles. The molecule has 2 unspecified atom stereocenters. The molecule has 208 valence electrons. The predicted octanol–water partition coefficient (Wildman–Crippen LogP) is 7.09. The zero-order valence-corrected chi connectivity index (χ0v) is 25.9. The van der Waals surface area contributed by atoms with Crippen LogP contribution in [0.2, 0.25) is 0 Å². The minimum absolute atomic E-state index is 0.0162. The van der Waals surface area contributed by atoms with Crippen molar-refractivity contribution in [1.29, 1.82) is 0 Å². The zero-order chi connectivity index (χ0) is 28.1. The average Bonchev–Trinajstić information content (AvgIpc) is 3.14. The summed E-state index contributed by atoms with van der Waals surface area (Å²) in [6.45, 7) is 20.8. The van der Waals surface area contributed by atoms with Crippen LogP contribution < -0.4 is 0 Å². The Morgan fingerprint density at radius 1 is 0.771 bits per heavy atom. The van der Waals surface area contributed by atoms with E-state index in [2.05, 4.69) is 48.5 Å². The summed E-state index contributed by atoms with van der Waals surface area (Å²) >= 11 is 0. The molecule has 1 aliphatic carbocycles. The van der Waals surface area contributed by atoms with Crippen molar-refractivity contribution < 1.29 is 14.4 Å². The lowest BCUT2D eigenvalue weighted by molar-refractivity contribution is -0.140. The predicted molar refractivity (Wildman–Crippen MR) is 150 cm³/mol. The molecule has 0 aromatic carbocycles. The summed E-state index contributed by atoms with van der Waals surface area (Å²) in [5, 5.41) is 0. The van der Waals surface area contributed by atoms with Crippen LogP contribution in [0, 0.1) is 34.5 Å². The molecule has 1 rings (SSSR count). The van der Waals surface area contributed by atoms with Crippen LogP contribution in [0.15, 0.2) is 0 Å². The molecule has 0 spiro atoms. The number of rotatable bonds is 8. The number of nitrogens with zero attached hydrogens (tertiary/aromatic N) is 2. The molecule has 0 saturated heterocycles. The van der Waals surface area contributed by atoms with Crippen LogP contribution in [0.4, 0.5) is 0 Å². The molecule has 0 bridgehead atoms. The molecule has 0 aliphatic heterocycles. The Hall–Kier alpha value is -1.39. The van der Waals surface area contributed by atoms with Gasteiger partial charge in [0.15, 0.2) is 0 Å². The molecule has 0 aromatic rings. The first kappa shape index (κ1) is 35.8. The highest BCUT2D eigenvalue weighted by Gasteiger charge is 2.42. The van der Waals surface area contributed by atoms with Gasteiger partial charge in [0, 0.05) is 45.4 Å². The highest BCUT2D eigenvalue weighted by molar-refractivity contribution is 5.82. The van der Waals surface area contributed by atoms with Gasteiger partial charge in [-0.15, -0.1) is 0 Å². The molecule has 0 radical (unpaired) electrons. The van der Waals surface area contributed by atoms with Gasteiger partial charge in [-0.3, -0.25) is 14.4 Å². The van der Waals surface area contributed by atoms with Gasteiger partial charge in [0.2, 0.25) is 11.8 Å². The molecule has 5 heteroatoms. The minimum Gasteiger partial charge on any atom is -0.349 e. The molecular formula is C30H60N2O3. The van der Waals surface area contributed by atoms with E-state index in [0.717, 1.165) is 32.1 Å². The Labute approximate surface area is 218 Å². The maximum atomic E-state index is 12.1. The Balaban J connectivity index is 0. The average molecular weight is 497 g/mol. The third-order valence-electron chi connectivity index (χ3n) is 6.52. The lowest BCUT2D eigenvalue weighted by atomic mass is 9.77.